The summed E-state index contributed by atoms with van der Waals surface area (Å²) in [6.07, 6.45) is 0. The van der Waals surface area contributed by atoms with Crippen molar-refractivity contribution in [2.75, 3.05) is 11.9 Å². The molecule has 0 spiro atoms. The lowest BCUT2D eigenvalue weighted by Gasteiger charge is -2.18. The van der Waals surface area contributed by atoms with Gasteiger partial charge in [-0.25, -0.2) is 8.78 Å². The van der Waals surface area contributed by atoms with Gasteiger partial charge in [0, 0.05) is 24.5 Å². The minimum atomic E-state index is -0.854. The first-order chi connectivity index (χ1) is 12.1. The molecule has 0 radical (unpaired) electrons. The molecule has 4 rings (SSSR count). The second-order valence-corrected chi connectivity index (χ2v) is 6.38. The molecule has 4 aromatic rings. The van der Waals surface area contributed by atoms with Gasteiger partial charge in [0.2, 0.25) is 0 Å². The predicted octanol–water partition coefficient (Wildman–Crippen LogP) is 3.77. The van der Waals surface area contributed by atoms with Crippen molar-refractivity contribution in [2.45, 2.75) is 6.54 Å². The summed E-state index contributed by atoms with van der Waals surface area (Å²) in [4.78, 5) is 1.85. The molecule has 0 aliphatic rings. The van der Waals surface area contributed by atoms with Crippen LogP contribution >= 0.6 is 11.3 Å². The van der Waals surface area contributed by atoms with Crippen LogP contribution in [0.1, 0.15) is 5.56 Å². The van der Waals surface area contributed by atoms with E-state index in [0.29, 0.717) is 29.4 Å². The average molecular weight is 357 g/mol. The largest absolute Gasteiger partial charge is 0.354 e. The van der Waals surface area contributed by atoms with E-state index in [-0.39, 0.29) is 0 Å². The topological polar surface area (TPSA) is 46.3 Å². The molecule has 0 aliphatic carbocycles. The Kier molecular flexibility index (Phi) is 3.89. The van der Waals surface area contributed by atoms with Crippen molar-refractivity contribution < 1.29 is 8.78 Å². The minimum absolute atomic E-state index is 0.394. The van der Waals surface area contributed by atoms with E-state index in [1.54, 1.807) is 21.9 Å². The van der Waals surface area contributed by atoms with Gasteiger partial charge < -0.3 is 4.90 Å². The highest BCUT2D eigenvalue weighted by Crippen LogP contribution is 2.22. The molecule has 3 heterocycles. The summed E-state index contributed by atoms with van der Waals surface area (Å²) < 4.78 is 28.1. The fourth-order valence-corrected chi connectivity index (χ4v) is 3.18. The van der Waals surface area contributed by atoms with Gasteiger partial charge in [0.25, 0.3) is 0 Å². The maximum Gasteiger partial charge on any atom is 0.186 e. The number of rotatable bonds is 4. The number of hydrogen-bond acceptors (Lipinski definition) is 5. The van der Waals surface area contributed by atoms with Gasteiger partial charge in [-0.05, 0) is 41.3 Å². The lowest BCUT2D eigenvalue weighted by Crippen LogP contribution is -2.19. The van der Waals surface area contributed by atoms with Crippen molar-refractivity contribution >= 4 is 22.8 Å². The monoisotopic (exact) mass is 357 g/mol. The van der Waals surface area contributed by atoms with Gasteiger partial charge in [0.15, 0.2) is 23.1 Å². The molecule has 3 aromatic heterocycles. The van der Waals surface area contributed by atoms with Crippen LogP contribution < -0.4 is 4.90 Å². The zero-order valence-corrected chi connectivity index (χ0v) is 14.0. The lowest BCUT2D eigenvalue weighted by atomic mass is 10.2. The SMILES string of the molecule is CN(Cc1ccc(F)c(F)c1)c1ccc2nnc(-c3ccsc3)n2n1. The van der Waals surface area contributed by atoms with Crippen LogP contribution in [0.5, 0.6) is 0 Å². The van der Waals surface area contributed by atoms with Crippen molar-refractivity contribution in [1.29, 1.82) is 0 Å². The zero-order valence-electron chi connectivity index (χ0n) is 13.2. The fraction of sp³-hybridized carbons (Fsp3) is 0.118. The molecule has 0 unspecified atom stereocenters. The Balaban J connectivity index is 1.66. The second kappa shape index (κ2) is 6.21. The van der Waals surface area contributed by atoms with Crippen LogP contribution in [0, 0.1) is 11.6 Å². The number of aromatic nitrogens is 4. The van der Waals surface area contributed by atoms with Crippen molar-refractivity contribution in [3.8, 4) is 11.4 Å². The van der Waals surface area contributed by atoms with Crippen molar-refractivity contribution in [3.05, 3.63) is 64.4 Å². The highest BCUT2D eigenvalue weighted by atomic mass is 32.1. The van der Waals surface area contributed by atoms with Gasteiger partial charge in [-0.2, -0.15) is 15.9 Å². The van der Waals surface area contributed by atoms with Gasteiger partial charge in [-0.1, -0.05) is 6.07 Å². The van der Waals surface area contributed by atoms with Gasteiger partial charge in [-0.3, -0.25) is 0 Å². The predicted molar refractivity (Wildman–Crippen MR) is 92.6 cm³/mol. The molecule has 0 atom stereocenters. The summed E-state index contributed by atoms with van der Waals surface area (Å²) >= 11 is 1.58. The summed E-state index contributed by atoms with van der Waals surface area (Å²) in [6.45, 7) is 0.394. The van der Waals surface area contributed by atoms with Crippen LogP contribution in [-0.2, 0) is 6.54 Å². The normalized spacial score (nSPS) is 11.2. The van der Waals surface area contributed by atoms with Gasteiger partial charge in [0.1, 0.15) is 5.82 Å². The highest BCUT2D eigenvalue weighted by Gasteiger charge is 2.12. The number of anilines is 1. The minimum Gasteiger partial charge on any atom is -0.354 e. The number of fused-ring (bicyclic) bond motifs is 1. The maximum absolute atomic E-state index is 13.4. The third kappa shape index (κ3) is 2.96. The standard InChI is InChI=1S/C17H13F2N5S/c1-23(9-11-2-3-13(18)14(19)8-11)16-5-4-15-20-21-17(24(15)22-16)12-6-7-25-10-12/h2-8,10H,9H2,1H3. The highest BCUT2D eigenvalue weighted by molar-refractivity contribution is 7.08. The molecular weight excluding hydrogens is 344 g/mol. The lowest BCUT2D eigenvalue weighted by molar-refractivity contribution is 0.507. The van der Waals surface area contributed by atoms with Crippen LogP contribution in [0.25, 0.3) is 17.0 Å². The first-order valence-corrected chi connectivity index (χ1v) is 8.46. The molecule has 0 fully saturated rings. The molecule has 0 saturated carbocycles. The molecule has 25 heavy (non-hydrogen) atoms. The zero-order chi connectivity index (χ0) is 17.4. The van der Waals surface area contributed by atoms with Crippen molar-refractivity contribution in [1.82, 2.24) is 19.8 Å². The summed E-state index contributed by atoms with van der Waals surface area (Å²) in [7, 11) is 1.84. The second-order valence-electron chi connectivity index (χ2n) is 5.60. The summed E-state index contributed by atoms with van der Waals surface area (Å²) in [5.74, 6) is -0.364. The Hall–Kier alpha value is -2.87. The Morgan fingerprint density at radius 3 is 2.72 bits per heavy atom. The molecule has 0 saturated heterocycles. The summed E-state index contributed by atoms with van der Waals surface area (Å²) in [5.41, 5.74) is 2.25. The van der Waals surface area contributed by atoms with E-state index in [1.807, 2.05) is 40.9 Å². The van der Waals surface area contributed by atoms with Gasteiger partial charge in [-0.15, -0.1) is 15.3 Å². The summed E-state index contributed by atoms with van der Waals surface area (Å²) in [5, 5.41) is 16.8. The first kappa shape index (κ1) is 15.6. The van der Waals surface area contributed by atoms with E-state index >= 15 is 0 Å². The number of thiophene rings is 1. The molecule has 0 bridgehead atoms. The smallest absolute Gasteiger partial charge is 0.186 e. The van der Waals surface area contributed by atoms with E-state index in [9.17, 15) is 8.78 Å². The number of benzene rings is 1. The third-order valence-corrected chi connectivity index (χ3v) is 4.51. The van der Waals surface area contributed by atoms with E-state index < -0.39 is 11.6 Å². The van der Waals surface area contributed by atoms with Crippen molar-refractivity contribution in [3.63, 3.8) is 0 Å². The van der Waals surface area contributed by atoms with Crippen LogP contribution in [0.15, 0.2) is 47.2 Å². The molecular formula is C17H13F2N5S. The molecule has 0 aliphatic heterocycles. The Morgan fingerprint density at radius 1 is 1.08 bits per heavy atom. The van der Waals surface area contributed by atoms with E-state index in [4.69, 9.17) is 0 Å². The Labute approximate surface area is 146 Å². The molecule has 0 N–H and O–H groups in total. The van der Waals surface area contributed by atoms with E-state index in [1.165, 1.54) is 6.07 Å². The number of hydrogen-bond donors (Lipinski definition) is 0. The fourth-order valence-electron chi connectivity index (χ4n) is 2.55. The van der Waals surface area contributed by atoms with Crippen LogP contribution in [0.3, 0.4) is 0 Å². The number of halogens is 2. The Bertz CT molecular complexity index is 1030. The van der Waals surface area contributed by atoms with Crippen LogP contribution in [0.2, 0.25) is 0 Å². The van der Waals surface area contributed by atoms with Gasteiger partial charge in [0.05, 0.1) is 0 Å². The Morgan fingerprint density at radius 2 is 1.96 bits per heavy atom. The molecule has 5 nitrogen and oxygen atoms in total. The maximum atomic E-state index is 13.4. The van der Waals surface area contributed by atoms with Crippen LogP contribution in [-0.4, -0.2) is 26.9 Å². The third-order valence-electron chi connectivity index (χ3n) is 3.82. The molecule has 0 amide bonds. The molecule has 126 valence electrons. The summed E-state index contributed by atoms with van der Waals surface area (Å²) in [6, 6.07) is 9.49. The van der Waals surface area contributed by atoms with E-state index in [2.05, 4.69) is 15.3 Å². The number of nitrogens with zero attached hydrogens (tertiary/aromatic N) is 5. The van der Waals surface area contributed by atoms with Crippen LogP contribution in [0.4, 0.5) is 14.6 Å². The van der Waals surface area contributed by atoms with Gasteiger partial charge >= 0.3 is 0 Å². The van der Waals surface area contributed by atoms with E-state index in [0.717, 1.165) is 11.6 Å². The molecule has 1 aromatic carbocycles. The average Bonchev–Trinajstić information content (AvgIpc) is 3.26. The first-order valence-electron chi connectivity index (χ1n) is 7.52. The molecule has 8 heteroatoms. The quantitative estimate of drug-likeness (QED) is 0.558. The van der Waals surface area contributed by atoms with Crippen molar-refractivity contribution in [2.24, 2.45) is 0 Å².